The summed E-state index contributed by atoms with van der Waals surface area (Å²) >= 11 is 0. The SMILES string of the molecule is Cc1ccc(CN(CC(=O)O)C(=O)C2Cc3ccccc3CN2C(=O)c2ccc(C)cc2)cc1. The van der Waals surface area contributed by atoms with Gasteiger partial charge in [0.2, 0.25) is 5.91 Å². The number of rotatable bonds is 6. The van der Waals surface area contributed by atoms with E-state index in [2.05, 4.69) is 0 Å². The minimum atomic E-state index is -1.09. The van der Waals surface area contributed by atoms with Gasteiger partial charge in [0.25, 0.3) is 5.91 Å². The second-order valence-corrected chi connectivity index (χ2v) is 8.86. The molecule has 2 amide bonds. The molecule has 3 aromatic rings. The molecular formula is C28H28N2O4. The number of amides is 2. The lowest BCUT2D eigenvalue weighted by Crippen LogP contribution is -2.54. The number of hydrogen-bond donors (Lipinski definition) is 1. The Balaban J connectivity index is 1.67. The summed E-state index contributed by atoms with van der Waals surface area (Å²) in [5.41, 5.74) is 5.46. The highest BCUT2D eigenvalue weighted by Crippen LogP contribution is 2.27. The zero-order chi connectivity index (χ0) is 24.2. The third-order valence-electron chi connectivity index (χ3n) is 6.22. The molecule has 0 spiro atoms. The first-order chi connectivity index (χ1) is 16.3. The van der Waals surface area contributed by atoms with E-state index in [0.717, 1.165) is 27.8 Å². The Morgan fingerprint density at radius 2 is 1.47 bits per heavy atom. The molecule has 6 nitrogen and oxygen atoms in total. The first kappa shape index (κ1) is 23.2. The zero-order valence-corrected chi connectivity index (χ0v) is 19.4. The van der Waals surface area contributed by atoms with Crippen molar-refractivity contribution in [1.29, 1.82) is 0 Å². The number of carbonyl (C=O) groups is 3. The third kappa shape index (κ3) is 5.17. The number of aliphatic carboxylic acids is 1. The summed E-state index contributed by atoms with van der Waals surface area (Å²) < 4.78 is 0. The molecule has 1 aliphatic rings. The Hall–Kier alpha value is -3.93. The largest absolute Gasteiger partial charge is 0.480 e. The molecule has 34 heavy (non-hydrogen) atoms. The van der Waals surface area contributed by atoms with Crippen molar-refractivity contribution in [3.8, 4) is 0 Å². The van der Waals surface area contributed by atoms with Crippen LogP contribution in [0.4, 0.5) is 0 Å². The molecule has 0 radical (unpaired) electrons. The first-order valence-corrected chi connectivity index (χ1v) is 11.3. The fraction of sp³-hybridized carbons (Fsp3) is 0.250. The van der Waals surface area contributed by atoms with Gasteiger partial charge in [-0.2, -0.15) is 0 Å². The average Bonchev–Trinajstić information content (AvgIpc) is 2.83. The highest BCUT2D eigenvalue weighted by Gasteiger charge is 2.37. The molecule has 1 atom stereocenters. The first-order valence-electron chi connectivity index (χ1n) is 11.3. The second-order valence-electron chi connectivity index (χ2n) is 8.86. The van der Waals surface area contributed by atoms with Crippen LogP contribution in [0.25, 0.3) is 0 Å². The van der Waals surface area contributed by atoms with Gasteiger partial charge in [0.05, 0.1) is 0 Å². The molecule has 1 unspecified atom stereocenters. The van der Waals surface area contributed by atoms with Crippen molar-refractivity contribution in [3.63, 3.8) is 0 Å². The van der Waals surface area contributed by atoms with Gasteiger partial charge in [-0.1, -0.05) is 71.8 Å². The molecule has 3 aromatic carbocycles. The van der Waals surface area contributed by atoms with Crippen molar-refractivity contribution in [2.45, 2.75) is 39.4 Å². The van der Waals surface area contributed by atoms with E-state index in [1.165, 1.54) is 4.90 Å². The normalized spacial score (nSPS) is 14.9. The van der Waals surface area contributed by atoms with Crippen molar-refractivity contribution < 1.29 is 19.5 Å². The molecule has 1 N–H and O–H groups in total. The maximum absolute atomic E-state index is 13.8. The lowest BCUT2D eigenvalue weighted by Gasteiger charge is -2.38. The highest BCUT2D eigenvalue weighted by atomic mass is 16.4. The summed E-state index contributed by atoms with van der Waals surface area (Å²) in [6.07, 6.45) is 0.344. The van der Waals surface area contributed by atoms with Crippen LogP contribution in [0.5, 0.6) is 0 Å². The van der Waals surface area contributed by atoms with E-state index in [9.17, 15) is 19.5 Å². The Morgan fingerprint density at radius 1 is 0.882 bits per heavy atom. The third-order valence-corrected chi connectivity index (χ3v) is 6.22. The van der Waals surface area contributed by atoms with E-state index in [1.54, 1.807) is 17.0 Å². The van der Waals surface area contributed by atoms with E-state index >= 15 is 0 Å². The molecule has 0 saturated carbocycles. The average molecular weight is 457 g/mol. The van der Waals surface area contributed by atoms with Crippen LogP contribution in [0.3, 0.4) is 0 Å². The number of benzene rings is 3. The highest BCUT2D eigenvalue weighted by molar-refractivity contribution is 5.98. The molecule has 0 bridgehead atoms. The maximum Gasteiger partial charge on any atom is 0.323 e. The van der Waals surface area contributed by atoms with Gasteiger partial charge in [0.1, 0.15) is 12.6 Å². The van der Waals surface area contributed by atoms with Gasteiger partial charge in [0.15, 0.2) is 0 Å². The van der Waals surface area contributed by atoms with Crippen LogP contribution in [0.2, 0.25) is 0 Å². The van der Waals surface area contributed by atoms with Gasteiger partial charge in [-0.05, 0) is 42.7 Å². The second kappa shape index (κ2) is 9.91. The molecule has 1 aliphatic heterocycles. The fourth-order valence-corrected chi connectivity index (χ4v) is 4.32. The van der Waals surface area contributed by atoms with Gasteiger partial charge in [-0.15, -0.1) is 0 Å². The minimum absolute atomic E-state index is 0.163. The molecule has 0 aromatic heterocycles. The lowest BCUT2D eigenvalue weighted by atomic mass is 9.92. The number of carboxylic acids is 1. The Morgan fingerprint density at radius 3 is 2.09 bits per heavy atom. The fourth-order valence-electron chi connectivity index (χ4n) is 4.32. The van der Waals surface area contributed by atoms with Gasteiger partial charge < -0.3 is 14.9 Å². The monoisotopic (exact) mass is 456 g/mol. The van der Waals surface area contributed by atoms with Crippen LogP contribution in [0.15, 0.2) is 72.8 Å². The van der Waals surface area contributed by atoms with E-state index in [-0.39, 0.29) is 18.4 Å². The van der Waals surface area contributed by atoms with Gasteiger partial charge in [0, 0.05) is 25.1 Å². The van der Waals surface area contributed by atoms with Crippen molar-refractivity contribution in [2.75, 3.05) is 6.54 Å². The van der Waals surface area contributed by atoms with Crippen molar-refractivity contribution >= 4 is 17.8 Å². The van der Waals surface area contributed by atoms with Crippen LogP contribution in [0, 0.1) is 13.8 Å². The molecule has 6 heteroatoms. The van der Waals surface area contributed by atoms with Gasteiger partial charge in [-0.3, -0.25) is 14.4 Å². The van der Waals surface area contributed by atoms with E-state index < -0.39 is 18.6 Å². The summed E-state index contributed by atoms with van der Waals surface area (Å²) in [5, 5.41) is 9.52. The molecule has 0 fully saturated rings. The van der Waals surface area contributed by atoms with Gasteiger partial charge >= 0.3 is 5.97 Å². The summed E-state index contributed by atoms with van der Waals surface area (Å²) in [4.78, 5) is 41.9. The van der Waals surface area contributed by atoms with Crippen LogP contribution < -0.4 is 0 Å². The molecule has 0 aliphatic carbocycles. The smallest absolute Gasteiger partial charge is 0.323 e. The molecule has 174 valence electrons. The van der Waals surface area contributed by atoms with Crippen molar-refractivity contribution in [2.24, 2.45) is 0 Å². The van der Waals surface area contributed by atoms with Crippen LogP contribution >= 0.6 is 0 Å². The number of aryl methyl sites for hydroxylation is 2. The van der Waals surface area contributed by atoms with Gasteiger partial charge in [-0.25, -0.2) is 0 Å². The maximum atomic E-state index is 13.8. The summed E-state index contributed by atoms with van der Waals surface area (Å²) in [7, 11) is 0. The molecular weight excluding hydrogens is 428 g/mol. The molecule has 4 rings (SSSR count). The lowest BCUT2D eigenvalue weighted by molar-refractivity contribution is -0.147. The van der Waals surface area contributed by atoms with Crippen molar-refractivity contribution in [1.82, 2.24) is 9.80 Å². The van der Waals surface area contributed by atoms with E-state index in [4.69, 9.17) is 0 Å². The Labute approximate surface area is 199 Å². The van der Waals surface area contributed by atoms with Crippen molar-refractivity contribution in [3.05, 3.63) is 106 Å². The standard InChI is InChI=1S/C28H28N2O4/c1-19-7-11-21(12-8-19)16-29(18-26(31)32)28(34)25-15-23-5-3-4-6-24(23)17-30(25)27(33)22-13-9-20(2)10-14-22/h3-14,25H,15-18H2,1-2H3,(H,31,32). The van der Waals surface area contributed by atoms with E-state index in [1.807, 2.05) is 74.5 Å². The quantitative estimate of drug-likeness (QED) is 0.609. The number of nitrogens with zero attached hydrogens (tertiary/aromatic N) is 2. The number of fused-ring (bicyclic) bond motifs is 1. The summed E-state index contributed by atoms with van der Waals surface area (Å²) in [5.74, 6) is -1.69. The number of carbonyl (C=O) groups excluding carboxylic acids is 2. The molecule has 1 heterocycles. The Bertz CT molecular complexity index is 1200. The predicted molar refractivity (Wildman–Crippen MR) is 129 cm³/mol. The van der Waals surface area contributed by atoms with E-state index in [0.29, 0.717) is 18.5 Å². The number of hydrogen-bond acceptors (Lipinski definition) is 3. The van der Waals surface area contributed by atoms with Crippen LogP contribution in [-0.2, 0) is 29.1 Å². The van der Waals surface area contributed by atoms with Crippen LogP contribution in [-0.4, -0.2) is 45.3 Å². The Kier molecular flexibility index (Phi) is 6.77. The van der Waals surface area contributed by atoms with Crippen LogP contribution in [0.1, 0.15) is 38.2 Å². The topological polar surface area (TPSA) is 77.9 Å². The zero-order valence-electron chi connectivity index (χ0n) is 19.4. The number of carboxylic acid groups (broad SMARTS) is 1. The predicted octanol–water partition coefficient (Wildman–Crippen LogP) is 3.98. The summed E-state index contributed by atoms with van der Waals surface area (Å²) in [6.45, 7) is 3.95. The minimum Gasteiger partial charge on any atom is -0.480 e. The summed E-state index contributed by atoms with van der Waals surface area (Å²) in [6, 6.07) is 21.9. The molecule has 0 saturated heterocycles.